The van der Waals surface area contributed by atoms with Crippen molar-refractivity contribution in [3.05, 3.63) is 27.4 Å². The molecule has 1 aliphatic rings. The molecule has 5 nitrogen and oxygen atoms in total. The highest BCUT2D eigenvalue weighted by Gasteiger charge is 2.24. The monoisotopic (exact) mass is 283 g/mol. The molecule has 1 saturated carbocycles. The molecule has 1 heterocycles. The fourth-order valence-electron chi connectivity index (χ4n) is 2.94. The molecular formula is C13H18ClN3O2. The highest BCUT2D eigenvalue weighted by atomic mass is 35.5. The number of anilines is 1. The summed E-state index contributed by atoms with van der Waals surface area (Å²) >= 11 is 5.81. The van der Waals surface area contributed by atoms with Crippen LogP contribution in [0.2, 0.25) is 5.15 Å². The van der Waals surface area contributed by atoms with Crippen LogP contribution in [0.15, 0.2) is 12.1 Å². The molecule has 1 aromatic rings. The number of pyridine rings is 1. The van der Waals surface area contributed by atoms with Gasteiger partial charge in [-0.15, -0.1) is 0 Å². The summed E-state index contributed by atoms with van der Waals surface area (Å²) in [5.74, 6) is 1.82. The van der Waals surface area contributed by atoms with Gasteiger partial charge in [-0.1, -0.05) is 25.4 Å². The van der Waals surface area contributed by atoms with Gasteiger partial charge in [0.05, 0.1) is 17.1 Å². The molecule has 1 aromatic heterocycles. The molecule has 6 heteroatoms. The summed E-state index contributed by atoms with van der Waals surface area (Å²) in [6, 6.07) is 3.01. The van der Waals surface area contributed by atoms with E-state index in [1.807, 2.05) is 0 Å². The Morgan fingerprint density at radius 3 is 2.53 bits per heavy atom. The maximum Gasteiger partial charge on any atom is 0.276 e. The molecule has 0 spiro atoms. The summed E-state index contributed by atoms with van der Waals surface area (Å²) in [6.45, 7) is 4.47. The number of nitrogens with zero attached hydrogens (tertiary/aromatic N) is 2. The van der Waals surface area contributed by atoms with Crippen LogP contribution in [0.4, 0.5) is 11.5 Å². The van der Waals surface area contributed by atoms with Crippen LogP contribution in [0, 0.1) is 22.0 Å². The standard InChI is InChI=1S/C13H18ClN3O2/c1-8-3-9(2)5-10(4-8)15-13-7-11(17(18)19)6-12(14)16-13/h6-10H,3-5H2,1-2H3,(H,15,16). The van der Waals surface area contributed by atoms with Crippen molar-refractivity contribution in [2.75, 3.05) is 5.32 Å². The largest absolute Gasteiger partial charge is 0.367 e. The molecule has 1 N–H and O–H groups in total. The number of nitro groups is 1. The van der Waals surface area contributed by atoms with Gasteiger partial charge in [-0.25, -0.2) is 4.98 Å². The van der Waals surface area contributed by atoms with E-state index < -0.39 is 4.92 Å². The fourth-order valence-corrected chi connectivity index (χ4v) is 3.14. The van der Waals surface area contributed by atoms with Crippen LogP contribution in [-0.2, 0) is 0 Å². The predicted octanol–water partition coefficient (Wildman–Crippen LogP) is 3.88. The van der Waals surface area contributed by atoms with Crippen LogP contribution in [0.5, 0.6) is 0 Å². The van der Waals surface area contributed by atoms with E-state index in [1.165, 1.54) is 18.6 Å². The van der Waals surface area contributed by atoms with Gasteiger partial charge in [-0.2, -0.15) is 0 Å². The van der Waals surface area contributed by atoms with E-state index in [4.69, 9.17) is 11.6 Å². The van der Waals surface area contributed by atoms with Gasteiger partial charge in [0, 0.05) is 6.04 Å². The average Bonchev–Trinajstić information content (AvgIpc) is 2.26. The van der Waals surface area contributed by atoms with Gasteiger partial charge in [0.15, 0.2) is 0 Å². The number of hydrogen-bond donors (Lipinski definition) is 1. The maximum atomic E-state index is 10.8. The minimum Gasteiger partial charge on any atom is -0.367 e. The molecule has 2 unspecified atom stereocenters. The van der Waals surface area contributed by atoms with Crippen molar-refractivity contribution in [1.29, 1.82) is 0 Å². The van der Waals surface area contributed by atoms with E-state index in [0.717, 1.165) is 12.8 Å². The summed E-state index contributed by atoms with van der Waals surface area (Å²) in [6.07, 6.45) is 3.36. The molecule has 1 aliphatic carbocycles. The first-order chi connectivity index (χ1) is 8.94. The lowest BCUT2D eigenvalue weighted by molar-refractivity contribution is -0.384. The summed E-state index contributed by atoms with van der Waals surface area (Å²) in [5, 5.41) is 14.2. The highest BCUT2D eigenvalue weighted by molar-refractivity contribution is 6.29. The molecular weight excluding hydrogens is 266 g/mol. The van der Waals surface area contributed by atoms with E-state index in [-0.39, 0.29) is 10.8 Å². The number of hydrogen-bond acceptors (Lipinski definition) is 4. The zero-order valence-electron chi connectivity index (χ0n) is 11.1. The second-order valence-electron chi connectivity index (χ2n) is 5.55. The SMILES string of the molecule is CC1CC(C)CC(Nc2cc([N+](=O)[O-])cc(Cl)n2)C1. The molecule has 1 fully saturated rings. The lowest BCUT2D eigenvalue weighted by atomic mass is 9.80. The van der Waals surface area contributed by atoms with Gasteiger partial charge < -0.3 is 5.32 Å². The molecule has 0 aliphatic heterocycles. The van der Waals surface area contributed by atoms with E-state index in [9.17, 15) is 10.1 Å². The van der Waals surface area contributed by atoms with Crippen molar-refractivity contribution in [2.45, 2.75) is 39.2 Å². The Morgan fingerprint density at radius 2 is 1.95 bits per heavy atom. The Labute approximate surface area is 117 Å². The molecule has 2 rings (SSSR count). The number of aromatic nitrogens is 1. The van der Waals surface area contributed by atoms with E-state index in [0.29, 0.717) is 23.7 Å². The van der Waals surface area contributed by atoms with Crippen LogP contribution in [0.1, 0.15) is 33.1 Å². The van der Waals surface area contributed by atoms with E-state index in [2.05, 4.69) is 24.1 Å². The molecule has 104 valence electrons. The molecule has 2 atom stereocenters. The van der Waals surface area contributed by atoms with Crippen molar-refractivity contribution in [3.8, 4) is 0 Å². The van der Waals surface area contributed by atoms with Gasteiger partial charge in [0.1, 0.15) is 11.0 Å². The molecule has 0 radical (unpaired) electrons. The summed E-state index contributed by atoms with van der Waals surface area (Å²) in [7, 11) is 0. The van der Waals surface area contributed by atoms with E-state index >= 15 is 0 Å². The Kier molecular flexibility index (Phi) is 4.24. The highest BCUT2D eigenvalue weighted by Crippen LogP contribution is 2.31. The van der Waals surface area contributed by atoms with Crippen LogP contribution >= 0.6 is 11.6 Å². The smallest absolute Gasteiger partial charge is 0.276 e. The lowest BCUT2D eigenvalue weighted by Gasteiger charge is -2.32. The van der Waals surface area contributed by atoms with Gasteiger partial charge >= 0.3 is 0 Å². The number of nitrogens with one attached hydrogen (secondary N) is 1. The zero-order valence-corrected chi connectivity index (χ0v) is 11.9. The summed E-state index contributed by atoms with van der Waals surface area (Å²) < 4.78 is 0. The first-order valence-corrected chi connectivity index (χ1v) is 6.90. The van der Waals surface area contributed by atoms with Crippen molar-refractivity contribution in [3.63, 3.8) is 0 Å². The Balaban J connectivity index is 2.12. The molecule has 0 aromatic carbocycles. The second kappa shape index (κ2) is 5.74. The van der Waals surface area contributed by atoms with Crippen molar-refractivity contribution in [2.24, 2.45) is 11.8 Å². The topological polar surface area (TPSA) is 68.1 Å². The summed E-state index contributed by atoms with van der Waals surface area (Å²) in [4.78, 5) is 14.4. The minimum absolute atomic E-state index is 0.0283. The summed E-state index contributed by atoms with van der Waals surface area (Å²) in [5.41, 5.74) is -0.0283. The van der Waals surface area contributed by atoms with Crippen molar-refractivity contribution < 1.29 is 4.92 Å². The Bertz CT molecular complexity index is 471. The van der Waals surface area contributed by atoms with Crippen LogP contribution in [0.25, 0.3) is 0 Å². The first kappa shape index (κ1) is 14.1. The molecule has 0 bridgehead atoms. The van der Waals surface area contributed by atoms with Gasteiger partial charge in [-0.3, -0.25) is 10.1 Å². The van der Waals surface area contributed by atoms with Gasteiger partial charge in [0.25, 0.3) is 5.69 Å². The lowest BCUT2D eigenvalue weighted by Crippen LogP contribution is -2.30. The minimum atomic E-state index is -0.454. The number of rotatable bonds is 3. The zero-order chi connectivity index (χ0) is 14.0. The predicted molar refractivity (Wildman–Crippen MR) is 75.5 cm³/mol. The normalized spacial score (nSPS) is 27.0. The third-order valence-electron chi connectivity index (χ3n) is 3.52. The first-order valence-electron chi connectivity index (χ1n) is 6.52. The van der Waals surface area contributed by atoms with Gasteiger partial charge in [0.2, 0.25) is 0 Å². The Morgan fingerprint density at radius 1 is 1.32 bits per heavy atom. The van der Waals surface area contributed by atoms with E-state index in [1.54, 1.807) is 0 Å². The average molecular weight is 284 g/mol. The van der Waals surface area contributed by atoms with Crippen molar-refractivity contribution >= 4 is 23.1 Å². The third kappa shape index (κ3) is 3.80. The fraction of sp³-hybridized carbons (Fsp3) is 0.615. The maximum absolute atomic E-state index is 10.8. The second-order valence-corrected chi connectivity index (χ2v) is 5.94. The third-order valence-corrected chi connectivity index (χ3v) is 3.71. The van der Waals surface area contributed by atoms with Crippen LogP contribution in [0.3, 0.4) is 0 Å². The molecule has 19 heavy (non-hydrogen) atoms. The molecule has 0 saturated heterocycles. The van der Waals surface area contributed by atoms with Crippen molar-refractivity contribution in [1.82, 2.24) is 4.98 Å². The van der Waals surface area contributed by atoms with Crippen LogP contribution in [-0.4, -0.2) is 15.9 Å². The van der Waals surface area contributed by atoms with Gasteiger partial charge in [-0.05, 0) is 31.1 Å². The van der Waals surface area contributed by atoms with Crippen LogP contribution < -0.4 is 5.32 Å². The quantitative estimate of drug-likeness (QED) is 0.519. The Hall–Kier alpha value is -1.36. The number of halogens is 1. The molecule has 0 amide bonds.